The molecule has 13 N–H and O–H groups in total. The monoisotopic (exact) mass is 683 g/mol. The summed E-state index contributed by atoms with van der Waals surface area (Å²) in [6.45, 7) is 0.176. The third-order valence-electron chi connectivity index (χ3n) is 8.36. The van der Waals surface area contributed by atoms with E-state index in [9.17, 15) is 24.3 Å². The number of rotatable bonds is 17. The van der Waals surface area contributed by atoms with Crippen molar-refractivity contribution in [3.63, 3.8) is 0 Å². The van der Waals surface area contributed by atoms with Crippen LogP contribution in [0, 0.1) is 0 Å². The fourth-order valence-electron chi connectivity index (χ4n) is 5.77. The van der Waals surface area contributed by atoms with Crippen molar-refractivity contribution in [1.82, 2.24) is 35.9 Å². The van der Waals surface area contributed by atoms with E-state index in [1.807, 2.05) is 48.5 Å². The Morgan fingerprint density at radius 3 is 1.82 bits per heavy atom. The summed E-state index contributed by atoms with van der Waals surface area (Å²) in [5.41, 5.74) is 20.8. The molecule has 0 aliphatic carbocycles. The van der Waals surface area contributed by atoms with Crippen LogP contribution in [0.25, 0.3) is 21.8 Å². The van der Waals surface area contributed by atoms with Gasteiger partial charge in [0.05, 0.1) is 12.4 Å². The van der Waals surface area contributed by atoms with Crippen LogP contribution in [0.3, 0.4) is 0 Å². The molecule has 0 aliphatic heterocycles. The first-order valence-corrected chi connectivity index (χ1v) is 16.1. The Morgan fingerprint density at radius 1 is 0.760 bits per heavy atom. The van der Waals surface area contributed by atoms with Gasteiger partial charge >= 0.3 is 5.97 Å². The van der Waals surface area contributed by atoms with Gasteiger partial charge < -0.3 is 53.2 Å². The van der Waals surface area contributed by atoms with E-state index in [4.69, 9.17) is 17.2 Å². The van der Waals surface area contributed by atoms with Gasteiger partial charge in [0.1, 0.15) is 18.1 Å². The number of nitrogens with two attached hydrogens (primary N) is 3. The Morgan fingerprint density at radius 2 is 1.30 bits per heavy atom. The van der Waals surface area contributed by atoms with E-state index < -0.39 is 47.9 Å². The highest BCUT2D eigenvalue weighted by molar-refractivity contribution is 5.95. The first kappa shape index (κ1) is 35.2. The lowest BCUT2D eigenvalue weighted by atomic mass is 10.0. The van der Waals surface area contributed by atoms with Crippen LogP contribution < -0.4 is 33.2 Å². The number of carbonyl (C=O) groups is 4. The zero-order chi connectivity index (χ0) is 35.6. The van der Waals surface area contributed by atoms with Gasteiger partial charge in [-0.25, -0.2) is 9.78 Å². The fraction of sp³-hybridized carbons (Fsp3) is 0.294. The van der Waals surface area contributed by atoms with Gasteiger partial charge in [-0.15, -0.1) is 0 Å². The first-order valence-electron chi connectivity index (χ1n) is 16.1. The second kappa shape index (κ2) is 16.3. The minimum absolute atomic E-state index is 0.0228. The van der Waals surface area contributed by atoms with E-state index in [-0.39, 0.29) is 44.6 Å². The van der Waals surface area contributed by atoms with Gasteiger partial charge in [-0.1, -0.05) is 36.4 Å². The predicted octanol–water partition coefficient (Wildman–Crippen LogP) is 0.320. The number of aromatic nitrogens is 4. The molecule has 50 heavy (non-hydrogen) atoms. The summed E-state index contributed by atoms with van der Waals surface area (Å²) in [5.74, 6) is -3.33. The molecular weight excluding hydrogens is 642 g/mol. The average molecular weight is 684 g/mol. The van der Waals surface area contributed by atoms with Gasteiger partial charge in [0.15, 0.2) is 5.96 Å². The number of fused-ring (bicyclic) bond motifs is 2. The molecule has 2 aromatic carbocycles. The second-order valence-corrected chi connectivity index (χ2v) is 12.0. The van der Waals surface area contributed by atoms with Crippen molar-refractivity contribution in [2.24, 2.45) is 22.2 Å². The maximum Gasteiger partial charge on any atom is 0.326 e. The molecule has 5 rings (SSSR count). The number of aromatic amines is 3. The van der Waals surface area contributed by atoms with Gasteiger partial charge in [-0.2, -0.15) is 0 Å². The number of carboxylic acid groups (broad SMARTS) is 1. The largest absolute Gasteiger partial charge is 0.480 e. The number of hydrogen-bond donors (Lipinski definition) is 10. The Balaban J connectivity index is 1.40. The van der Waals surface area contributed by atoms with Crippen LogP contribution >= 0.6 is 0 Å². The molecule has 0 spiro atoms. The predicted molar refractivity (Wildman–Crippen MR) is 188 cm³/mol. The van der Waals surface area contributed by atoms with Crippen molar-refractivity contribution >= 4 is 51.5 Å². The molecule has 0 bridgehead atoms. The summed E-state index contributed by atoms with van der Waals surface area (Å²) in [7, 11) is 0. The molecule has 262 valence electrons. The van der Waals surface area contributed by atoms with Crippen LogP contribution in [0.5, 0.6) is 0 Å². The van der Waals surface area contributed by atoms with Crippen LogP contribution in [0.4, 0.5) is 0 Å². The lowest BCUT2D eigenvalue weighted by Gasteiger charge is -2.25. The standard InChI is InChI=1S/C34H41N11O5/c35-24(14-21-17-38-18-42-21)30(46)44-28(12-19-15-40-25-8-3-1-6-22(19)25)32(48)45-29(13-20-16-41-26-9-4-2-7-23(20)26)31(47)43-27(33(49)50)10-5-11-39-34(36)37/h1-4,6-9,15-18,24,27-29,40-41H,5,10-14,35H2,(H,38,42)(H,43,47)(H,44,46)(H,45,48)(H,49,50)(H4,36,37,39). The zero-order valence-electron chi connectivity index (χ0n) is 27.2. The third-order valence-corrected chi connectivity index (χ3v) is 8.36. The van der Waals surface area contributed by atoms with E-state index in [0.717, 1.165) is 32.9 Å². The van der Waals surface area contributed by atoms with Crippen LogP contribution in [-0.2, 0) is 38.4 Å². The number of benzene rings is 2. The molecule has 3 heterocycles. The highest BCUT2D eigenvalue weighted by Gasteiger charge is 2.31. The van der Waals surface area contributed by atoms with Gasteiger partial charge in [0.25, 0.3) is 0 Å². The molecule has 0 radical (unpaired) electrons. The molecule has 3 aromatic heterocycles. The smallest absolute Gasteiger partial charge is 0.326 e. The van der Waals surface area contributed by atoms with Crippen molar-refractivity contribution in [2.45, 2.75) is 56.3 Å². The number of aliphatic carboxylic acids is 1. The summed E-state index contributed by atoms with van der Waals surface area (Å²) in [4.78, 5) is 70.5. The minimum Gasteiger partial charge on any atom is -0.480 e. The summed E-state index contributed by atoms with van der Waals surface area (Å²) < 4.78 is 0. The van der Waals surface area contributed by atoms with Crippen molar-refractivity contribution in [3.05, 3.63) is 90.3 Å². The number of hydrogen-bond acceptors (Lipinski definition) is 7. The van der Waals surface area contributed by atoms with Gasteiger partial charge in [0.2, 0.25) is 17.7 Å². The molecule has 3 amide bonds. The molecule has 16 heteroatoms. The maximum absolute atomic E-state index is 14.1. The van der Waals surface area contributed by atoms with Crippen LogP contribution in [0.2, 0.25) is 0 Å². The van der Waals surface area contributed by atoms with Gasteiger partial charge in [-0.05, 0) is 36.1 Å². The van der Waals surface area contributed by atoms with Crippen molar-refractivity contribution < 1.29 is 24.3 Å². The number of aliphatic imine (C=N–C) groups is 1. The number of imidazole rings is 1. The number of H-pyrrole nitrogens is 3. The van der Waals surface area contributed by atoms with E-state index in [1.54, 1.807) is 18.6 Å². The Labute approximate surface area is 286 Å². The molecule has 4 atom stereocenters. The summed E-state index contributed by atoms with van der Waals surface area (Å²) in [5, 5.41) is 19.7. The summed E-state index contributed by atoms with van der Waals surface area (Å²) in [6, 6.07) is 10.4. The number of carboxylic acids is 1. The third kappa shape index (κ3) is 9.04. The molecular formula is C34H41N11O5. The highest BCUT2D eigenvalue weighted by atomic mass is 16.4. The normalized spacial score (nSPS) is 13.6. The number of carbonyl (C=O) groups excluding carboxylic acids is 3. The Hall–Kier alpha value is -6.16. The Bertz CT molecular complexity index is 1960. The zero-order valence-corrected chi connectivity index (χ0v) is 27.2. The molecule has 5 aromatic rings. The van der Waals surface area contributed by atoms with Gasteiger partial charge in [0, 0.05) is 71.9 Å². The van der Waals surface area contributed by atoms with Crippen molar-refractivity contribution in [1.29, 1.82) is 0 Å². The van der Waals surface area contributed by atoms with E-state index in [1.165, 1.54) is 6.33 Å². The topological polar surface area (TPSA) is 275 Å². The van der Waals surface area contributed by atoms with Crippen molar-refractivity contribution in [2.75, 3.05) is 6.54 Å². The first-order chi connectivity index (χ1) is 24.1. The number of amides is 3. The maximum atomic E-state index is 14.1. The quantitative estimate of drug-likeness (QED) is 0.0367. The molecule has 0 fully saturated rings. The summed E-state index contributed by atoms with van der Waals surface area (Å²) in [6.07, 6.45) is 7.10. The minimum atomic E-state index is -1.28. The van der Waals surface area contributed by atoms with Crippen LogP contribution in [-0.4, -0.2) is 85.4 Å². The Kier molecular flexibility index (Phi) is 11.5. The number of para-hydroxylation sites is 2. The van der Waals surface area contributed by atoms with E-state index in [0.29, 0.717) is 5.69 Å². The van der Waals surface area contributed by atoms with Crippen LogP contribution in [0.15, 0.2) is 78.4 Å². The molecule has 0 aliphatic rings. The van der Waals surface area contributed by atoms with E-state index >= 15 is 0 Å². The molecule has 0 saturated heterocycles. The van der Waals surface area contributed by atoms with Crippen molar-refractivity contribution in [3.8, 4) is 0 Å². The highest BCUT2D eigenvalue weighted by Crippen LogP contribution is 2.21. The van der Waals surface area contributed by atoms with Crippen LogP contribution in [0.1, 0.15) is 29.7 Å². The number of nitrogens with zero attached hydrogens (tertiary/aromatic N) is 2. The molecule has 0 saturated carbocycles. The number of nitrogens with one attached hydrogen (secondary N) is 6. The fourth-order valence-corrected chi connectivity index (χ4v) is 5.77. The van der Waals surface area contributed by atoms with E-state index in [2.05, 4.69) is 40.9 Å². The SMILES string of the molecule is NC(N)=NCCCC(NC(=O)C(Cc1c[nH]c2ccccc12)NC(=O)C(Cc1c[nH]c2ccccc12)NC(=O)C(N)Cc1cnc[nH]1)C(=O)O. The van der Waals surface area contributed by atoms with Gasteiger partial charge in [-0.3, -0.25) is 19.4 Å². The lowest BCUT2D eigenvalue weighted by Crippen LogP contribution is -2.58. The number of guanidine groups is 1. The second-order valence-electron chi connectivity index (χ2n) is 12.0. The summed E-state index contributed by atoms with van der Waals surface area (Å²) >= 11 is 0. The average Bonchev–Trinajstić information content (AvgIpc) is 3.86. The molecule has 16 nitrogen and oxygen atoms in total. The molecule has 4 unspecified atom stereocenters. The lowest BCUT2D eigenvalue weighted by molar-refractivity contribution is -0.142.